The average molecular weight is 331 g/mol. The van der Waals surface area contributed by atoms with E-state index in [4.69, 9.17) is 0 Å². The van der Waals surface area contributed by atoms with Crippen molar-refractivity contribution in [2.75, 3.05) is 11.5 Å². The molecule has 0 rings (SSSR count). The molecule has 0 aliphatic rings. The van der Waals surface area contributed by atoms with Crippen molar-refractivity contribution in [2.24, 2.45) is 5.92 Å². The number of hydrogen-bond donors (Lipinski definition) is 0. The fourth-order valence-electron chi connectivity index (χ4n) is 2.10. The van der Waals surface area contributed by atoms with Gasteiger partial charge in [0, 0.05) is 11.5 Å². The molecule has 0 N–H and O–H groups in total. The topological polar surface area (TPSA) is 0 Å². The second-order valence-electron chi connectivity index (χ2n) is 6.35. The molecule has 2 heteroatoms. The van der Waals surface area contributed by atoms with Crippen LogP contribution < -0.4 is 0 Å². The molecule has 21 heavy (non-hydrogen) atoms. The van der Waals surface area contributed by atoms with Gasteiger partial charge < -0.3 is 0 Å². The van der Waals surface area contributed by atoms with Crippen LogP contribution in [0.1, 0.15) is 91.4 Å². The average Bonchev–Trinajstić information content (AvgIpc) is 2.46. The zero-order valence-corrected chi connectivity index (χ0v) is 16.4. The van der Waals surface area contributed by atoms with Crippen LogP contribution in [0.4, 0.5) is 0 Å². The van der Waals surface area contributed by atoms with E-state index in [0.29, 0.717) is 0 Å². The van der Waals surface area contributed by atoms with Crippen LogP contribution in [0.25, 0.3) is 0 Å². The van der Waals surface area contributed by atoms with Crippen LogP contribution in [-0.2, 0) is 0 Å². The molecule has 0 amide bonds. The number of unbranched alkanes of at least 4 members (excludes halogenated alkanes) is 8. The summed E-state index contributed by atoms with van der Waals surface area (Å²) in [4.78, 5) is 0. The summed E-state index contributed by atoms with van der Waals surface area (Å²) in [5.74, 6) is 3.53. The molecular weight excluding hydrogens is 292 g/mol. The minimum absolute atomic E-state index is 0.859. The van der Waals surface area contributed by atoms with E-state index < -0.39 is 0 Å². The smallest absolute Gasteiger partial charge is 0.00393 e. The molecule has 0 spiro atoms. The van der Waals surface area contributed by atoms with E-state index >= 15 is 0 Å². The van der Waals surface area contributed by atoms with Crippen molar-refractivity contribution < 1.29 is 0 Å². The third-order valence-corrected chi connectivity index (χ3v) is 6.13. The Morgan fingerprint density at radius 1 is 0.714 bits per heavy atom. The Bertz CT molecular complexity index is 212. The first-order valence-electron chi connectivity index (χ1n) is 9.16. The molecule has 0 nitrogen and oxygen atoms in total. The lowest BCUT2D eigenvalue weighted by atomic mass is 10.1. The summed E-state index contributed by atoms with van der Waals surface area (Å²) in [6.45, 7) is 6.90. The summed E-state index contributed by atoms with van der Waals surface area (Å²) in [5.41, 5.74) is 0. The fourth-order valence-corrected chi connectivity index (χ4v) is 4.58. The van der Waals surface area contributed by atoms with Crippen LogP contribution >= 0.6 is 21.6 Å². The van der Waals surface area contributed by atoms with Crippen LogP contribution in [0.15, 0.2) is 12.2 Å². The van der Waals surface area contributed by atoms with Crippen molar-refractivity contribution in [2.45, 2.75) is 91.4 Å². The highest BCUT2D eigenvalue weighted by Crippen LogP contribution is 2.24. The normalized spacial score (nSPS) is 11.8. The van der Waals surface area contributed by atoms with Crippen molar-refractivity contribution in [3.05, 3.63) is 12.2 Å². The standard InChI is InChI=1S/C19H38S2/c1-4-5-6-7-8-9-10-11-12-13-14-15-17-20-21-18-16-19(2)3/h9-10,19H,4-8,11-18H2,1-3H3/b10-9+. The molecule has 0 heterocycles. The van der Waals surface area contributed by atoms with Crippen LogP contribution in [-0.4, -0.2) is 11.5 Å². The Labute approximate surface area is 142 Å². The van der Waals surface area contributed by atoms with Crippen molar-refractivity contribution in [1.29, 1.82) is 0 Å². The summed E-state index contributed by atoms with van der Waals surface area (Å²) in [7, 11) is 4.15. The van der Waals surface area contributed by atoms with E-state index in [1.165, 1.54) is 82.1 Å². The largest absolute Gasteiger partial charge is 0.0942 e. The van der Waals surface area contributed by atoms with Gasteiger partial charge in [-0.1, -0.05) is 86.6 Å². The Balaban J connectivity index is 3.03. The quantitative estimate of drug-likeness (QED) is 0.160. The SMILES string of the molecule is CCCCCC/C=C/CCCCCCSSCCC(C)C. The Hall–Kier alpha value is 0.440. The molecule has 0 fully saturated rings. The van der Waals surface area contributed by atoms with Gasteiger partial charge in [-0.25, -0.2) is 0 Å². The van der Waals surface area contributed by atoms with E-state index in [9.17, 15) is 0 Å². The number of rotatable bonds is 16. The Morgan fingerprint density at radius 2 is 1.29 bits per heavy atom. The summed E-state index contributed by atoms with van der Waals surface area (Å²) in [6, 6.07) is 0. The number of allylic oxidation sites excluding steroid dienone is 2. The monoisotopic (exact) mass is 330 g/mol. The van der Waals surface area contributed by atoms with Gasteiger partial charge in [-0.2, -0.15) is 0 Å². The minimum atomic E-state index is 0.859. The predicted octanol–water partition coefficient (Wildman–Crippen LogP) is 7.89. The lowest BCUT2D eigenvalue weighted by molar-refractivity contribution is 0.633. The van der Waals surface area contributed by atoms with Crippen LogP contribution in [0.3, 0.4) is 0 Å². The molecule has 0 aromatic rings. The second kappa shape index (κ2) is 18.5. The molecular formula is C19H38S2. The first-order valence-corrected chi connectivity index (χ1v) is 11.7. The maximum atomic E-state index is 2.41. The third kappa shape index (κ3) is 20.4. The molecule has 0 saturated carbocycles. The summed E-state index contributed by atoms with van der Waals surface area (Å²) < 4.78 is 0. The maximum Gasteiger partial charge on any atom is 0.00393 e. The molecule has 0 unspecified atom stereocenters. The lowest BCUT2D eigenvalue weighted by Gasteiger charge is -2.03. The predicted molar refractivity (Wildman–Crippen MR) is 105 cm³/mol. The van der Waals surface area contributed by atoms with Gasteiger partial charge in [-0.15, -0.1) is 0 Å². The molecule has 0 aliphatic heterocycles. The molecule has 0 atom stereocenters. The molecule has 0 aliphatic carbocycles. The first-order chi connectivity index (χ1) is 10.3. The van der Waals surface area contributed by atoms with Crippen molar-refractivity contribution in [3.8, 4) is 0 Å². The first kappa shape index (κ1) is 21.4. The van der Waals surface area contributed by atoms with Gasteiger partial charge in [0.05, 0.1) is 0 Å². The van der Waals surface area contributed by atoms with E-state index in [2.05, 4.69) is 54.5 Å². The van der Waals surface area contributed by atoms with Gasteiger partial charge in [0.1, 0.15) is 0 Å². The van der Waals surface area contributed by atoms with Gasteiger partial charge in [0.2, 0.25) is 0 Å². The van der Waals surface area contributed by atoms with E-state index in [1.54, 1.807) is 0 Å². The van der Waals surface area contributed by atoms with Crippen LogP contribution in [0.5, 0.6) is 0 Å². The van der Waals surface area contributed by atoms with E-state index in [0.717, 1.165) is 5.92 Å². The highest BCUT2D eigenvalue weighted by molar-refractivity contribution is 8.76. The summed E-state index contributed by atoms with van der Waals surface area (Å²) in [5, 5.41) is 0. The number of hydrogen-bond acceptors (Lipinski definition) is 2. The highest BCUT2D eigenvalue weighted by atomic mass is 33.1. The molecule has 126 valence electrons. The zero-order valence-electron chi connectivity index (χ0n) is 14.7. The second-order valence-corrected chi connectivity index (χ2v) is 9.05. The van der Waals surface area contributed by atoms with E-state index in [1.807, 2.05) is 0 Å². The van der Waals surface area contributed by atoms with Gasteiger partial charge in [-0.3, -0.25) is 0 Å². The van der Waals surface area contributed by atoms with Crippen LogP contribution in [0.2, 0.25) is 0 Å². The highest BCUT2D eigenvalue weighted by Gasteiger charge is 1.95. The molecule has 0 radical (unpaired) electrons. The van der Waals surface area contributed by atoms with Crippen LogP contribution in [0, 0.1) is 5.92 Å². The fraction of sp³-hybridized carbons (Fsp3) is 0.895. The molecule has 0 aromatic carbocycles. The summed E-state index contributed by atoms with van der Waals surface area (Å²) >= 11 is 0. The zero-order chi connectivity index (χ0) is 15.6. The molecule has 0 saturated heterocycles. The maximum absolute atomic E-state index is 2.41. The van der Waals surface area contributed by atoms with Crippen molar-refractivity contribution in [3.63, 3.8) is 0 Å². The minimum Gasteiger partial charge on any atom is -0.0942 e. The van der Waals surface area contributed by atoms with Crippen molar-refractivity contribution in [1.82, 2.24) is 0 Å². The Kier molecular flexibility index (Phi) is 18.9. The lowest BCUT2D eigenvalue weighted by Crippen LogP contribution is -1.88. The molecule has 0 aromatic heterocycles. The van der Waals surface area contributed by atoms with Gasteiger partial charge in [-0.05, 0) is 44.4 Å². The van der Waals surface area contributed by atoms with Gasteiger partial charge in [0.25, 0.3) is 0 Å². The van der Waals surface area contributed by atoms with E-state index in [-0.39, 0.29) is 0 Å². The Morgan fingerprint density at radius 3 is 1.90 bits per heavy atom. The molecule has 0 bridgehead atoms. The van der Waals surface area contributed by atoms with Crippen molar-refractivity contribution >= 4 is 21.6 Å². The summed E-state index contributed by atoms with van der Waals surface area (Å²) in [6.07, 6.45) is 19.9. The van der Waals surface area contributed by atoms with Gasteiger partial charge in [0.15, 0.2) is 0 Å². The van der Waals surface area contributed by atoms with Gasteiger partial charge >= 0.3 is 0 Å². The third-order valence-electron chi connectivity index (χ3n) is 3.60.